The molecule has 0 bridgehead atoms. The van der Waals surface area contributed by atoms with Crippen LogP contribution in [0, 0.1) is 0 Å². The van der Waals surface area contributed by atoms with Gasteiger partial charge in [-0.05, 0) is 65.4 Å². The number of thiazole rings is 1. The highest BCUT2D eigenvalue weighted by Crippen LogP contribution is 2.44. The first-order chi connectivity index (χ1) is 17.8. The van der Waals surface area contributed by atoms with Crippen molar-refractivity contribution in [2.75, 3.05) is 12.0 Å². The Balaban J connectivity index is 1.69. The monoisotopic (exact) mass is 512 g/mol. The van der Waals surface area contributed by atoms with Crippen LogP contribution in [0.5, 0.6) is 5.75 Å². The van der Waals surface area contributed by atoms with E-state index in [1.165, 1.54) is 21.8 Å². The number of methoxy groups -OCH3 is 1. The van der Waals surface area contributed by atoms with Crippen LogP contribution >= 0.6 is 11.3 Å². The van der Waals surface area contributed by atoms with Crippen LogP contribution in [-0.4, -0.2) is 28.9 Å². The standard InChI is InChI=1S/C30H28N2O4S/c1-5-18-6-15-23-24(16-18)37-30(31-23)32-26(20-9-7-19(8-10-20)17(2)3)25(28(34)29(32)35)27(33)21-11-13-22(36-4)14-12-21/h6-17,26,33H,5H2,1-4H3. The van der Waals surface area contributed by atoms with Crippen molar-refractivity contribution in [1.82, 2.24) is 4.98 Å². The smallest absolute Gasteiger partial charge is 0.301 e. The normalized spacial score (nSPS) is 17.2. The number of anilines is 1. The minimum absolute atomic E-state index is 0.0426. The van der Waals surface area contributed by atoms with Gasteiger partial charge >= 0.3 is 5.91 Å². The summed E-state index contributed by atoms with van der Waals surface area (Å²) in [6.45, 7) is 6.30. The van der Waals surface area contributed by atoms with Crippen molar-refractivity contribution in [1.29, 1.82) is 0 Å². The van der Waals surface area contributed by atoms with E-state index in [1.807, 2.05) is 36.4 Å². The molecular weight excluding hydrogens is 484 g/mol. The molecule has 1 unspecified atom stereocenters. The van der Waals surface area contributed by atoms with Gasteiger partial charge in [-0.25, -0.2) is 4.98 Å². The van der Waals surface area contributed by atoms with Gasteiger partial charge in [-0.2, -0.15) is 0 Å². The molecule has 4 aromatic rings. The highest BCUT2D eigenvalue weighted by atomic mass is 32.1. The van der Waals surface area contributed by atoms with E-state index >= 15 is 0 Å². The van der Waals surface area contributed by atoms with E-state index in [-0.39, 0.29) is 11.3 Å². The quantitative estimate of drug-likeness (QED) is 0.178. The molecule has 1 N–H and O–H groups in total. The fourth-order valence-corrected chi connectivity index (χ4v) is 5.65. The van der Waals surface area contributed by atoms with Gasteiger partial charge in [0.1, 0.15) is 11.5 Å². The molecule has 3 aromatic carbocycles. The zero-order valence-electron chi connectivity index (χ0n) is 21.2. The number of ether oxygens (including phenoxy) is 1. The third kappa shape index (κ3) is 4.40. The number of benzene rings is 3. The Morgan fingerprint density at radius 3 is 2.38 bits per heavy atom. The topological polar surface area (TPSA) is 79.7 Å². The first kappa shape index (κ1) is 24.7. The average Bonchev–Trinajstić information content (AvgIpc) is 3.45. The minimum atomic E-state index is -0.811. The van der Waals surface area contributed by atoms with Crippen molar-refractivity contribution >= 4 is 44.1 Å². The van der Waals surface area contributed by atoms with Crippen LogP contribution in [0.4, 0.5) is 5.13 Å². The number of Topliss-reactive ketones (excluding diaryl/α,β-unsaturated/α-hetero) is 1. The molecule has 1 aromatic heterocycles. The predicted molar refractivity (Wildman–Crippen MR) is 147 cm³/mol. The lowest BCUT2D eigenvalue weighted by Gasteiger charge is -2.23. The van der Waals surface area contributed by atoms with Crippen molar-refractivity contribution in [2.24, 2.45) is 0 Å². The van der Waals surface area contributed by atoms with Gasteiger partial charge in [0.25, 0.3) is 5.78 Å². The number of amides is 1. The minimum Gasteiger partial charge on any atom is -0.507 e. The Morgan fingerprint density at radius 2 is 1.76 bits per heavy atom. The summed E-state index contributed by atoms with van der Waals surface area (Å²) in [7, 11) is 1.56. The number of aliphatic hydroxyl groups excluding tert-OH is 1. The fraction of sp³-hybridized carbons (Fsp3) is 0.233. The van der Waals surface area contributed by atoms with Gasteiger partial charge in [-0.15, -0.1) is 0 Å². The van der Waals surface area contributed by atoms with Gasteiger partial charge in [0, 0.05) is 5.56 Å². The number of carbonyl (C=O) groups excluding carboxylic acids is 2. The molecule has 0 radical (unpaired) electrons. The van der Waals surface area contributed by atoms with Gasteiger partial charge in [0.05, 0.1) is 28.9 Å². The Morgan fingerprint density at radius 1 is 1.05 bits per heavy atom. The molecule has 37 heavy (non-hydrogen) atoms. The molecule has 0 saturated carbocycles. The zero-order valence-corrected chi connectivity index (χ0v) is 22.0. The van der Waals surface area contributed by atoms with Crippen molar-refractivity contribution in [3.8, 4) is 5.75 Å². The number of aliphatic hydroxyl groups is 1. The van der Waals surface area contributed by atoms with Crippen LogP contribution in [0.2, 0.25) is 0 Å². The highest BCUT2D eigenvalue weighted by molar-refractivity contribution is 7.22. The van der Waals surface area contributed by atoms with Crippen molar-refractivity contribution < 1.29 is 19.4 Å². The zero-order chi connectivity index (χ0) is 26.3. The lowest BCUT2D eigenvalue weighted by atomic mass is 9.93. The van der Waals surface area contributed by atoms with Crippen LogP contribution in [0.15, 0.2) is 72.3 Å². The second-order valence-corrected chi connectivity index (χ2v) is 10.4. The van der Waals surface area contributed by atoms with Gasteiger partial charge in [0.15, 0.2) is 5.13 Å². The third-order valence-electron chi connectivity index (χ3n) is 6.78. The van der Waals surface area contributed by atoms with Crippen LogP contribution < -0.4 is 9.64 Å². The summed E-state index contributed by atoms with van der Waals surface area (Å²) >= 11 is 1.37. The molecule has 2 heterocycles. The maximum absolute atomic E-state index is 13.5. The Bertz CT molecular complexity index is 1520. The maximum atomic E-state index is 13.5. The van der Waals surface area contributed by atoms with Crippen LogP contribution in [0.3, 0.4) is 0 Å². The van der Waals surface area contributed by atoms with E-state index in [2.05, 4.69) is 26.8 Å². The van der Waals surface area contributed by atoms with E-state index in [0.29, 0.717) is 22.4 Å². The number of fused-ring (bicyclic) bond motifs is 1. The molecule has 188 valence electrons. The number of aryl methyl sites for hydroxylation is 1. The van der Waals surface area contributed by atoms with Gasteiger partial charge in [-0.1, -0.05) is 62.4 Å². The summed E-state index contributed by atoms with van der Waals surface area (Å²) in [5, 5.41) is 11.8. The van der Waals surface area contributed by atoms with Crippen molar-refractivity contribution in [3.63, 3.8) is 0 Å². The van der Waals surface area contributed by atoms with Gasteiger partial charge in [-0.3, -0.25) is 14.5 Å². The third-order valence-corrected chi connectivity index (χ3v) is 7.80. The van der Waals surface area contributed by atoms with Crippen molar-refractivity contribution in [3.05, 3.63) is 94.6 Å². The molecular formula is C30H28N2O4S. The molecule has 1 aliphatic heterocycles. The number of rotatable bonds is 6. The number of carbonyl (C=O) groups is 2. The summed E-state index contributed by atoms with van der Waals surface area (Å²) in [6, 6.07) is 19.8. The molecule has 1 aliphatic rings. The number of hydrogen-bond acceptors (Lipinski definition) is 6. The summed E-state index contributed by atoms with van der Waals surface area (Å²) in [4.78, 5) is 33.1. The van der Waals surface area contributed by atoms with E-state index in [9.17, 15) is 14.7 Å². The Hall–Kier alpha value is -3.97. The second kappa shape index (κ2) is 9.82. The summed E-state index contributed by atoms with van der Waals surface area (Å²) in [6.07, 6.45) is 0.887. The molecule has 5 rings (SSSR count). The number of ketones is 1. The fourth-order valence-electron chi connectivity index (χ4n) is 4.59. The molecule has 7 heteroatoms. The number of hydrogen-bond donors (Lipinski definition) is 1. The predicted octanol–water partition coefficient (Wildman–Crippen LogP) is 6.62. The number of nitrogens with zero attached hydrogens (tertiary/aromatic N) is 2. The SMILES string of the molecule is CCc1ccc2nc(N3C(=O)C(=O)C(=C(O)c4ccc(OC)cc4)C3c3ccc(C(C)C)cc3)sc2c1. The maximum Gasteiger partial charge on any atom is 0.301 e. The molecule has 1 atom stereocenters. The van der Waals surface area contributed by atoms with E-state index < -0.39 is 17.7 Å². The molecule has 0 aliphatic carbocycles. The first-order valence-corrected chi connectivity index (χ1v) is 13.1. The first-order valence-electron chi connectivity index (χ1n) is 12.3. The summed E-state index contributed by atoms with van der Waals surface area (Å²) < 4.78 is 6.16. The lowest BCUT2D eigenvalue weighted by Crippen LogP contribution is -2.29. The second-order valence-electron chi connectivity index (χ2n) is 9.37. The Labute approximate surface area is 219 Å². The van der Waals surface area contributed by atoms with Gasteiger partial charge in [0.2, 0.25) is 0 Å². The van der Waals surface area contributed by atoms with Gasteiger partial charge < -0.3 is 9.84 Å². The average molecular weight is 513 g/mol. The molecule has 1 fully saturated rings. The largest absolute Gasteiger partial charge is 0.507 e. The van der Waals surface area contributed by atoms with E-state index in [1.54, 1.807) is 31.4 Å². The van der Waals surface area contributed by atoms with E-state index in [4.69, 9.17) is 9.72 Å². The summed E-state index contributed by atoms with van der Waals surface area (Å²) in [5.41, 5.74) is 4.28. The highest BCUT2D eigenvalue weighted by Gasteiger charge is 2.48. The molecule has 1 saturated heterocycles. The molecule has 1 amide bonds. The molecule has 0 spiro atoms. The number of aromatic nitrogens is 1. The van der Waals surface area contributed by atoms with Crippen LogP contribution in [-0.2, 0) is 16.0 Å². The molecule has 6 nitrogen and oxygen atoms in total. The lowest BCUT2D eigenvalue weighted by molar-refractivity contribution is -0.132. The van der Waals surface area contributed by atoms with Crippen molar-refractivity contribution in [2.45, 2.75) is 39.2 Å². The summed E-state index contributed by atoms with van der Waals surface area (Å²) in [5.74, 6) is -0.714. The Kier molecular flexibility index (Phi) is 6.56. The van der Waals surface area contributed by atoms with Crippen LogP contribution in [0.25, 0.3) is 16.0 Å². The van der Waals surface area contributed by atoms with E-state index in [0.717, 1.165) is 27.8 Å². The van der Waals surface area contributed by atoms with Crippen LogP contribution in [0.1, 0.15) is 55.0 Å².